The van der Waals surface area contributed by atoms with Crippen LogP contribution < -0.4 is 5.32 Å². The Balaban J connectivity index is 1.63. The summed E-state index contributed by atoms with van der Waals surface area (Å²) in [5.74, 6) is -0.305. The summed E-state index contributed by atoms with van der Waals surface area (Å²) in [4.78, 5) is 14.5. The zero-order chi connectivity index (χ0) is 17.1. The molecule has 24 heavy (non-hydrogen) atoms. The van der Waals surface area contributed by atoms with Gasteiger partial charge in [0, 0.05) is 23.3 Å². The van der Waals surface area contributed by atoms with Crippen LogP contribution in [-0.4, -0.2) is 23.4 Å². The summed E-state index contributed by atoms with van der Waals surface area (Å²) in [5.41, 5.74) is 2.73. The van der Waals surface area contributed by atoms with Crippen LogP contribution in [0, 0.1) is 12.7 Å². The van der Waals surface area contributed by atoms with Gasteiger partial charge in [0.05, 0.1) is 6.54 Å². The normalized spacial score (nSPS) is 14.0. The molecule has 0 unspecified atom stereocenters. The van der Waals surface area contributed by atoms with Crippen molar-refractivity contribution in [3.8, 4) is 0 Å². The van der Waals surface area contributed by atoms with E-state index in [0.29, 0.717) is 24.2 Å². The van der Waals surface area contributed by atoms with Gasteiger partial charge < -0.3 is 5.32 Å². The summed E-state index contributed by atoms with van der Waals surface area (Å²) in [6.45, 7) is 2.89. The van der Waals surface area contributed by atoms with Crippen molar-refractivity contribution in [2.75, 3.05) is 11.9 Å². The molecule has 1 amide bonds. The van der Waals surface area contributed by atoms with E-state index in [1.165, 1.54) is 12.1 Å². The molecule has 3 nitrogen and oxygen atoms in total. The lowest BCUT2D eigenvalue weighted by Crippen LogP contribution is -2.34. The van der Waals surface area contributed by atoms with Crippen LogP contribution in [0.1, 0.15) is 24.0 Å². The van der Waals surface area contributed by atoms with Crippen molar-refractivity contribution in [1.82, 2.24) is 4.90 Å². The molecule has 1 saturated carbocycles. The third-order valence-electron chi connectivity index (χ3n) is 4.18. The maximum atomic E-state index is 13.0. The summed E-state index contributed by atoms with van der Waals surface area (Å²) in [7, 11) is 0. The Morgan fingerprint density at radius 2 is 1.96 bits per heavy atom. The zero-order valence-electron chi connectivity index (χ0n) is 13.6. The number of anilines is 1. The molecule has 1 aliphatic carbocycles. The molecule has 0 saturated heterocycles. The number of rotatable bonds is 6. The molecule has 0 heterocycles. The number of carbonyl (C=O) groups excluding carboxylic acids is 1. The Morgan fingerprint density at radius 3 is 2.62 bits per heavy atom. The fourth-order valence-electron chi connectivity index (χ4n) is 2.68. The van der Waals surface area contributed by atoms with E-state index in [2.05, 4.69) is 10.2 Å². The fourth-order valence-corrected chi connectivity index (χ4v) is 2.85. The molecule has 0 aromatic heterocycles. The summed E-state index contributed by atoms with van der Waals surface area (Å²) in [5, 5.41) is 3.53. The molecule has 126 valence electrons. The molecule has 5 heteroatoms. The predicted molar refractivity (Wildman–Crippen MR) is 94.7 cm³/mol. The lowest BCUT2D eigenvalue weighted by molar-refractivity contribution is -0.117. The monoisotopic (exact) mass is 346 g/mol. The lowest BCUT2D eigenvalue weighted by Gasteiger charge is -2.22. The molecule has 1 fully saturated rings. The van der Waals surface area contributed by atoms with E-state index in [0.717, 1.165) is 29.7 Å². The zero-order valence-corrected chi connectivity index (χ0v) is 14.3. The van der Waals surface area contributed by atoms with E-state index in [1.54, 1.807) is 24.3 Å². The number of halogens is 2. The van der Waals surface area contributed by atoms with Gasteiger partial charge in [-0.2, -0.15) is 0 Å². The van der Waals surface area contributed by atoms with E-state index < -0.39 is 0 Å². The first-order valence-electron chi connectivity index (χ1n) is 8.06. The molecule has 0 radical (unpaired) electrons. The van der Waals surface area contributed by atoms with Gasteiger partial charge in [-0.05, 0) is 55.2 Å². The van der Waals surface area contributed by atoms with Crippen LogP contribution in [0.25, 0.3) is 0 Å². The van der Waals surface area contributed by atoms with Gasteiger partial charge in [0.15, 0.2) is 0 Å². The quantitative estimate of drug-likeness (QED) is 0.841. The summed E-state index contributed by atoms with van der Waals surface area (Å²) in [6.07, 6.45) is 2.20. The predicted octanol–water partition coefficient (Wildman–Crippen LogP) is 4.39. The second kappa shape index (κ2) is 7.32. The van der Waals surface area contributed by atoms with E-state index >= 15 is 0 Å². The van der Waals surface area contributed by atoms with Gasteiger partial charge in [-0.1, -0.05) is 29.8 Å². The largest absolute Gasteiger partial charge is 0.325 e. The first-order valence-corrected chi connectivity index (χ1v) is 8.43. The number of hydrogen-bond donors (Lipinski definition) is 1. The molecule has 0 atom stereocenters. The molecule has 2 aromatic rings. The van der Waals surface area contributed by atoms with Gasteiger partial charge in [-0.3, -0.25) is 9.69 Å². The van der Waals surface area contributed by atoms with Crippen molar-refractivity contribution in [2.45, 2.75) is 32.4 Å². The second-order valence-electron chi connectivity index (χ2n) is 6.27. The van der Waals surface area contributed by atoms with Crippen molar-refractivity contribution in [1.29, 1.82) is 0 Å². The van der Waals surface area contributed by atoms with Crippen LogP contribution in [0.4, 0.5) is 10.1 Å². The van der Waals surface area contributed by atoms with E-state index in [1.807, 2.05) is 13.0 Å². The van der Waals surface area contributed by atoms with Crippen LogP contribution in [0.2, 0.25) is 5.02 Å². The van der Waals surface area contributed by atoms with Crippen LogP contribution in [-0.2, 0) is 11.3 Å². The number of carbonyl (C=O) groups is 1. The molecule has 0 bridgehead atoms. The maximum absolute atomic E-state index is 13.0. The first-order chi connectivity index (χ1) is 11.5. The van der Waals surface area contributed by atoms with Gasteiger partial charge in [0.1, 0.15) is 5.82 Å². The van der Waals surface area contributed by atoms with Gasteiger partial charge >= 0.3 is 0 Å². The SMILES string of the molecule is Cc1ccc(Cl)cc1NC(=O)CN(Cc1ccc(F)cc1)C1CC1. The molecule has 3 rings (SSSR count). The highest BCUT2D eigenvalue weighted by Crippen LogP contribution is 2.28. The minimum absolute atomic E-state index is 0.0608. The number of nitrogens with zero attached hydrogens (tertiary/aromatic N) is 1. The van der Waals surface area contributed by atoms with Gasteiger partial charge in [-0.15, -0.1) is 0 Å². The Hall–Kier alpha value is -1.91. The highest BCUT2D eigenvalue weighted by Gasteiger charge is 2.30. The Labute approximate surface area is 146 Å². The second-order valence-corrected chi connectivity index (χ2v) is 6.71. The number of aryl methyl sites for hydroxylation is 1. The molecule has 0 aliphatic heterocycles. The molecule has 0 spiro atoms. The molecular formula is C19H20ClFN2O. The van der Waals surface area contributed by atoms with Gasteiger partial charge in [0.2, 0.25) is 5.91 Å². The molecule has 1 aliphatic rings. The van der Waals surface area contributed by atoms with E-state index in [4.69, 9.17) is 11.6 Å². The van der Waals surface area contributed by atoms with Crippen molar-refractivity contribution < 1.29 is 9.18 Å². The van der Waals surface area contributed by atoms with Crippen LogP contribution in [0.5, 0.6) is 0 Å². The van der Waals surface area contributed by atoms with Gasteiger partial charge in [-0.25, -0.2) is 4.39 Å². The van der Waals surface area contributed by atoms with E-state index in [9.17, 15) is 9.18 Å². The first kappa shape index (κ1) is 16.9. The highest BCUT2D eigenvalue weighted by atomic mass is 35.5. The van der Waals surface area contributed by atoms with Crippen LogP contribution in [0.3, 0.4) is 0 Å². The van der Waals surface area contributed by atoms with Crippen molar-refractivity contribution in [3.63, 3.8) is 0 Å². The van der Waals surface area contributed by atoms with E-state index in [-0.39, 0.29) is 11.7 Å². The summed E-state index contributed by atoms with van der Waals surface area (Å²) in [6, 6.07) is 12.3. The van der Waals surface area contributed by atoms with Crippen LogP contribution in [0.15, 0.2) is 42.5 Å². The molecule has 2 aromatic carbocycles. The van der Waals surface area contributed by atoms with Crippen LogP contribution >= 0.6 is 11.6 Å². The summed E-state index contributed by atoms with van der Waals surface area (Å²) < 4.78 is 13.0. The number of hydrogen-bond acceptors (Lipinski definition) is 2. The highest BCUT2D eigenvalue weighted by molar-refractivity contribution is 6.31. The van der Waals surface area contributed by atoms with Crippen molar-refractivity contribution >= 4 is 23.2 Å². The summed E-state index contributed by atoms with van der Waals surface area (Å²) >= 11 is 5.99. The average molecular weight is 347 g/mol. The topological polar surface area (TPSA) is 32.3 Å². The fraction of sp³-hybridized carbons (Fsp3) is 0.316. The standard InChI is InChI=1S/C19H20ClFN2O/c1-13-2-5-15(20)10-18(13)22-19(24)12-23(17-8-9-17)11-14-3-6-16(21)7-4-14/h2-7,10,17H,8-9,11-12H2,1H3,(H,22,24). The third-order valence-corrected chi connectivity index (χ3v) is 4.42. The Kier molecular flexibility index (Phi) is 5.17. The Morgan fingerprint density at radius 1 is 1.25 bits per heavy atom. The molecule has 1 N–H and O–H groups in total. The third kappa shape index (κ3) is 4.56. The number of nitrogens with one attached hydrogen (secondary N) is 1. The smallest absolute Gasteiger partial charge is 0.238 e. The van der Waals surface area contributed by atoms with Crippen molar-refractivity contribution in [3.05, 3.63) is 64.4 Å². The lowest BCUT2D eigenvalue weighted by atomic mass is 10.2. The Bertz CT molecular complexity index is 729. The minimum atomic E-state index is -0.245. The molecular weight excluding hydrogens is 327 g/mol. The number of benzene rings is 2. The minimum Gasteiger partial charge on any atom is -0.325 e. The maximum Gasteiger partial charge on any atom is 0.238 e. The van der Waals surface area contributed by atoms with Crippen molar-refractivity contribution in [2.24, 2.45) is 0 Å². The van der Waals surface area contributed by atoms with Gasteiger partial charge in [0.25, 0.3) is 0 Å². The number of amides is 1. The average Bonchev–Trinajstić information content (AvgIpc) is 3.37.